The summed E-state index contributed by atoms with van der Waals surface area (Å²) >= 11 is 3.47. The second kappa shape index (κ2) is 8.00. The maximum atomic E-state index is 11.7. The number of fused-ring (bicyclic) bond motifs is 1. The summed E-state index contributed by atoms with van der Waals surface area (Å²) in [6.45, 7) is 1.08. The first-order chi connectivity index (χ1) is 12.6. The third-order valence-electron chi connectivity index (χ3n) is 4.84. The highest BCUT2D eigenvalue weighted by atomic mass is 79.9. The van der Waals surface area contributed by atoms with Gasteiger partial charge >= 0.3 is 0 Å². The fourth-order valence-corrected chi connectivity index (χ4v) is 3.71. The molecule has 1 unspecified atom stereocenters. The molecule has 0 amide bonds. The number of hydrogen-bond donors (Lipinski definition) is 1. The number of ether oxygens (including phenoxy) is 1. The van der Waals surface area contributed by atoms with Crippen LogP contribution in [0, 0.1) is 0 Å². The number of aromatic nitrogens is 1. The SMILES string of the molecule is COc1ccc(CN2c3cccc[n+]3CC2(O)c2ccc(Br)cc2)cc1.[Br-]. The minimum atomic E-state index is -1.10. The van der Waals surface area contributed by atoms with Crippen LogP contribution in [0.1, 0.15) is 11.1 Å². The quantitative estimate of drug-likeness (QED) is 0.543. The molecule has 0 spiro atoms. The van der Waals surface area contributed by atoms with E-state index in [1.165, 1.54) is 0 Å². The predicted molar refractivity (Wildman–Crippen MR) is 104 cm³/mol. The number of aliphatic hydroxyl groups is 1. The van der Waals surface area contributed by atoms with Gasteiger partial charge in [0.25, 0.3) is 11.5 Å². The van der Waals surface area contributed by atoms with Crippen molar-refractivity contribution >= 4 is 21.7 Å². The molecule has 1 aliphatic rings. The Balaban J connectivity index is 0.00000210. The zero-order chi connectivity index (χ0) is 18.1. The highest BCUT2D eigenvalue weighted by Gasteiger charge is 2.51. The van der Waals surface area contributed by atoms with Crippen LogP contribution in [-0.4, -0.2) is 12.2 Å². The third-order valence-corrected chi connectivity index (χ3v) is 5.37. The molecule has 1 aromatic heterocycles. The summed E-state index contributed by atoms with van der Waals surface area (Å²) in [5.74, 6) is 1.82. The number of rotatable bonds is 4. The summed E-state index contributed by atoms with van der Waals surface area (Å²) in [7, 11) is 1.66. The van der Waals surface area contributed by atoms with E-state index in [0.29, 0.717) is 13.1 Å². The lowest BCUT2D eigenvalue weighted by atomic mass is 10.0. The van der Waals surface area contributed by atoms with Gasteiger partial charge in [-0.25, -0.2) is 9.47 Å². The van der Waals surface area contributed by atoms with Crippen LogP contribution < -0.4 is 31.2 Å². The summed E-state index contributed by atoms with van der Waals surface area (Å²) in [6, 6.07) is 21.9. The van der Waals surface area contributed by atoms with E-state index in [1.54, 1.807) is 7.11 Å². The molecule has 6 heteroatoms. The Kier molecular flexibility index (Phi) is 5.89. The van der Waals surface area contributed by atoms with Crippen LogP contribution in [0.5, 0.6) is 5.75 Å². The van der Waals surface area contributed by atoms with Gasteiger partial charge in [0.1, 0.15) is 12.3 Å². The molecule has 1 atom stereocenters. The molecule has 1 N–H and O–H groups in total. The molecule has 140 valence electrons. The molecule has 0 saturated heterocycles. The van der Waals surface area contributed by atoms with Gasteiger partial charge in [-0.1, -0.05) is 46.3 Å². The van der Waals surface area contributed by atoms with Gasteiger partial charge in [-0.2, -0.15) is 0 Å². The van der Waals surface area contributed by atoms with Gasteiger partial charge in [0.05, 0.1) is 13.3 Å². The molecule has 0 saturated carbocycles. The molecule has 4 nitrogen and oxygen atoms in total. The Morgan fingerprint density at radius 3 is 2.44 bits per heavy atom. The van der Waals surface area contributed by atoms with Gasteiger partial charge in [-0.15, -0.1) is 0 Å². The fraction of sp³-hybridized carbons (Fsp3) is 0.190. The first-order valence-corrected chi connectivity index (χ1v) is 9.27. The molecule has 2 heterocycles. The van der Waals surface area contributed by atoms with Crippen LogP contribution in [0.25, 0.3) is 0 Å². The lowest BCUT2D eigenvalue weighted by Gasteiger charge is -2.27. The molecule has 0 aliphatic carbocycles. The van der Waals surface area contributed by atoms with Crippen LogP contribution in [-0.2, 0) is 18.8 Å². The van der Waals surface area contributed by atoms with Crippen LogP contribution in [0.3, 0.4) is 0 Å². The maximum absolute atomic E-state index is 11.7. The van der Waals surface area contributed by atoms with Crippen molar-refractivity contribution in [2.45, 2.75) is 18.8 Å². The summed E-state index contributed by atoms with van der Waals surface area (Å²) < 4.78 is 8.33. The van der Waals surface area contributed by atoms with Crippen LogP contribution in [0.2, 0.25) is 0 Å². The molecular formula is C21H20Br2N2O2. The highest BCUT2D eigenvalue weighted by molar-refractivity contribution is 9.10. The minimum absolute atomic E-state index is 0. The second-order valence-electron chi connectivity index (χ2n) is 6.44. The van der Waals surface area contributed by atoms with Gasteiger partial charge < -0.3 is 26.8 Å². The average molecular weight is 492 g/mol. The number of pyridine rings is 1. The largest absolute Gasteiger partial charge is 1.00 e. The number of hydrogen-bond acceptors (Lipinski definition) is 3. The van der Waals surface area contributed by atoms with Crippen molar-refractivity contribution in [3.05, 3.63) is 88.5 Å². The van der Waals surface area contributed by atoms with E-state index in [4.69, 9.17) is 4.74 Å². The number of methoxy groups -OCH3 is 1. The van der Waals surface area contributed by atoms with E-state index >= 15 is 0 Å². The average Bonchev–Trinajstić information content (AvgIpc) is 2.96. The normalized spacial score (nSPS) is 18.0. The van der Waals surface area contributed by atoms with Crippen LogP contribution in [0.4, 0.5) is 5.82 Å². The smallest absolute Gasteiger partial charge is 0.279 e. The van der Waals surface area contributed by atoms with E-state index in [-0.39, 0.29) is 17.0 Å². The van der Waals surface area contributed by atoms with E-state index in [0.717, 1.165) is 27.2 Å². The van der Waals surface area contributed by atoms with Gasteiger partial charge in [-0.3, -0.25) is 0 Å². The van der Waals surface area contributed by atoms with Gasteiger partial charge in [0.15, 0.2) is 6.54 Å². The zero-order valence-electron chi connectivity index (χ0n) is 14.8. The number of halogens is 2. The van der Waals surface area contributed by atoms with E-state index < -0.39 is 5.72 Å². The molecule has 3 aromatic rings. The number of nitrogens with zero attached hydrogens (tertiary/aromatic N) is 2. The van der Waals surface area contributed by atoms with E-state index in [1.807, 2.05) is 72.9 Å². The minimum Gasteiger partial charge on any atom is -1.00 e. The topological polar surface area (TPSA) is 36.6 Å². The molecular weight excluding hydrogens is 472 g/mol. The van der Waals surface area contributed by atoms with Crippen molar-refractivity contribution in [3.8, 4) is 5.75 Å². The Labute approximate surface area is 177 Å². The summed E-state index contributed by atoms with van der Waals surface area (Å²) in [5, 5.41) is 11.7. The second-order valence-corrected chi connectivity index (χ2v) is 7.36. The van der Waals surface area contributed by atoms with Crippen LogP contribution >= 0.6 is 15.9 Å². The monoisotopic (exact) mass is 490 g/mol. The molecule has 0 radical (unpaired) electrons. The van der Waals surface area contributed by atoms with Crippen LogP contribution in [0.15, 0.2) is 77.4 Å². The van der Waals surface area contributed by atoms with Gasteiger partial charge in [0, 0.05) is 16.1 Å². The number of anilines is 1. The summed E-state index contributed by atoms with van der Waals surface area (Å²) in [4.78, 5) is 2.05. The lowest BCUT2D eigenvalue weighted by Crippen LogP contribution is -3.00. The molecule has 27 heavy (non-hydrogen) atoms. The van der Waals surface area contributed by atoms with Crippen molar-refractivity contribution in [1.29, 1.82) is 0 Å². The number of benzene rings is 2. The molecule has 0 fully saturated rings. The van der Waals surface area contributed by atoms with E-state index in [2.05, 4.69) is 25.4 Å². The Bertz CT molecular complexity index is 916. The zero-order valence-corrected chi connectivity index (χ0v) is 18.0. The van der Waals surface area contributed by atoms with Gasteiger partial charge in [-0.05, 0) is 35.9 Å². The third kappa shape index (κ3) is 3.74. The molecule has 2 aromatic carbocycles. The first kappa shape index (κ1) is 19.9. The maximum Gasteiger partial charge on any atom is 0.279 e. The van der Waals surface area contributed by atoms with Crippen molar-refractivity contribution < 1.29 is 31.4 Å². The van der Waals surface area contributed by atoms with E-state index in [9.17, 15) is 5.11 Å². The van der Waals surface area contributed by atoms with Crippen molar-refractivity contribution in [2.24, 2.45) is 0 Å². The predicted octanol–water partition coefficient (Wildman–Crippen LogP) is 0.615. The molecule has 4 rings (SSSR count). The standard InChI is InChI=1S/C21H20BrN2O2.BrH/c1-26-19-11-5-16(6-12-19)14-24-20-4-2-3-13-23(20)15-21(24,25)17-7-9-18(22)10-8-17;/h2-13,25H,14-15H2,1H3;1H/q+1;/p-1. The fourth-order valence-electron chi connectivity index (χ4n) is 3.45. The Hall–Kier alpha value is -1.89. The van der Waals surface area contributed by atoms with Crippen molar-refractivity contribution in [1.82, 2.24) is 0 Å². The Morgan fingerprint density at radius 2 is 1.78 bits per heavy atom. The highest BCUT2D eigenvalue weighted by Crippen LogP contribution is 2.36. The summed E-state index contributed by atoms with van der Waals surface area (Å²) in [6.07, 6.45) is 2.01. The molecule has 1 aliphatic heterocycles. The van der Waals surface area contributed by atoms with Crippen molar-refractivity contribution in [2.75, 3.05) is 12.0 Å². The Morgan fingerprint density at radius 1 is 1.07 bits per heavy atom. The summed E-state index contributed by atoms with van der Waals surface area (Å²) in [5.41, 5.74) is 0.881. The molecule has 0 bridgehead atoms. The lowest BCUT2D eigenvalue weighted by molar-refractivity contribution is -0.683. The van der Waals surface area contributed by atoms with Crippen molar-refractivity contribution in [3.63, 3.8) is 0 Å². The first-order valence-electron chi connectivity index (χ1n) is 8.47. The van der Waals surface area contributed by atoms with Gasteiger partial charge in [0.2, 0.25) is 0 Å².